The lowest BCUT2D eigenvalue weighted by atomic mass is 10.1. The van der Waals surface area contributed by atoms with E-state index >= 15 is 0 Å². The highest BCUT2D eigenvalue weighted by atomic mass is 19.2. The third kappa shape index (κ3) is 5.66. The van der Waals surface area contributed by atoms with E-state index in [-0.39, 0.29) is 12.5 Å². The van der Waals surface area contributed by atoms with Crippen molar-refractivity contribution in [2.45, 2.75) is 45.6 Å². The molecule has 1 N–H and O–H groups in total. The molecule has 2 aromatic rings. The Morgan fingerprint density at radius 2 is 2.10 bits per heavy atom. The van der Waals surface area contributed by atoms with Gasteiger partial charge in [-0.3, -0.25) is 9.48 Å². The number of nitrogens with one attached hydrogen (secondary N) is 1. The minimum atomic E-state index is -1.22. The lowest BCUT2D eigenvalue weighted by molar-refractivity contribution is 0.0488. The van der Waals surface area contributed by atoms with E-state index in [1.165, 1.54) is 12.1 Å². The Bertz CT molecular complexity index is 930. The van der Waals surface area contributed by atoms with Gasteiger partial charge in [0.25, 0.3) is 5.91 Å². The topological polar surface area (TPSA) is 82.5 Å². The van der Waals surface area contributed by atoms with Crippen LogP contribution in [0.5, 0.6) is 0 Å². The minimum absolute atomic E-state index is 0.0141. The molecule has 0 saturated carbocycles. The second kappa shape index (κ2) is 11.0. The fraction of sp³-hybridized carbons (Fsp3) is 0.500. The van der Waals surface area contributed by atoms with Crippen LogP contribution in [0.15, 0.2) is 18.2 Å². The molecule has 1 aromatic heterocycles. The van der Waals surface area contributed by atoms with E-state index in [0.717, 1.165) is 30.3 Å². The molecule has 0 radical (unpaired) electrons. The molecule has 3 rings (SSSR count). The lowest BCUT2D eigenvalue weighted by Crippen LogP contribution is -2.26. The van der Waals surface area contributed by atoms with Crippen molar-refractivity contribution in [1.29, 1.82) is 0 Å². The zero-order valence-electron chi connectivity index (χ0n) is 17.6. The van der Waals surface area contributed by atoms with Gasteiger partial charge >= 0.3 is 5.97 Å². The fourth-order valence-corrected chi connectivity index (χ4v) is 3.53. The summed E-state index contributed by atoms with van der Waals surface area (Å²) in [7, 11) is 0. The number of hydrogen-bond acceptors (Lipinski definition) is 5. The van der Waals surface area contributed by atoms with E-state index in [2.05, 4.69) is 10.4 Å². The highest BCUT2D eigenvalue weighted by Crippen LogP contribution is 2.19. The summed E-state index contributed by atoms with van der Waals surface area (Å²) in [4.78, 5) is 24.7. The number of amides is 1. The Morgan fingerprint density at radius 1 is 1.29 bits per heavy atom. The highest BCUT2D eigenvalue weighted by molar-refractivity contribution is 5.96. The smallest absolute Gasteiger partial charge is 0.341 e. The maximum atomic E-state index is 13.7. The third-order valence-corrected chi connectivity index (χ3v) is 5.06. The maximum Gasteiger partial charge on any atom is 0.341 e. The summed E-state index contributed by atoms with van der Waals surface area (Å²) in [5, 5.41) is 7.52. The fourth-order valence-electron chi connectivity index (χ4n) is 3.53. The molecular weight excluding hydrogens is 408 g/mol. The van der Waals surface area contributed by atoms with Gasteiger partial charge in [0.15, 0.2) is 11.6 Å². The SMILES string of the molecule is CCc1nn(CCCOC(=O)c2cccc(F)c2F)c2c1C(=O)NCCCOCCC2. The molecule has 1 aromatic carbocycles. The quantitative estimate of drug-likeness (QED) is 0.557. The Hall–Kier alpha value is -2.81. The number of aryl methyl sites for hydroxylation is 2. The number of rotatable bonds is 6. The number of esters is 1. The molecule has 2 heterocycles. The predicted octanol–water partition coefficient (Wildman–Crippen LogP) is 3.05. The number of hydrogen-bond donors (Lipinski definition) is 1. The summed E-state index contributed by atoms with van der Waals surface area (Å²) >= 11 is 0. The van der Waals surface area contributed by atoms with E-state index in [4.69, 9.17) is 9.47 Å². The van der Waals surface area contributed by atoms with Crippen LogP contribution in [0.25, 0.3) is 0 Å². The van der Waals surface area contributed by atoms with Gasteiger partial charge in [-0.1, -0.05) is 13.0 Å². The van der Waals surface area contributed by atoms with Crippen LogP contribution < -0.4 is 5.32 Å². The van der Waals surface area contributed by atoms with Crippen molar-refractivity contribution < 1.29 is 27.8 Å². The number of aromatic nitrogens is 2. The van der Waals surface area contributed by atoms with Gasteiger partial charge in [-0.15, -0.1) is 0 Å². The average molecular weight is 435 g/mol. The normalized spacial score (nSPS) is 15.0. The molecular formula is C22H27F2N3O4. The largest absolute Gasteiger partial charge is 0.462 e. The predicted molar refractivity (Wildman–Crippen MR) is 109 cm³/mol. The molecule has 7 nitrogen and oxygen atoms in total. The first kappa shape index (κ1) is 22.9. The van der Waals surface area contributed by atoms with Crippen molar-refractivity contribution >= 4 is 11.9 Å². The molecule has 168 valence electrons. The zero-order valence-corrected chi connectivity index (χ0v) is 17.6. The Labute approximate surface area is 179 Å². The van der Waals surface area contributed by atoms with Crippen molar-refractivity contribution in [3.8, 4) is 0 Å². The van der Waals surface area contributed by atoms with Gasteiger partial charge in [0.05, 0.1) is 29.1 Å². The first-order chi connectivity index (χ1) is 15.0. The van der Waals surface area contributed by atoms with E-state index in [1.54, 1.807) is 4.68 Å². The molecule has 0 unspecified atom stereocenters. The lowest BCUT2D eigenvalue weighted by Gasteiger charge is -2.10. The van der Waals surface area contributed by atoms with E-state index < -0.39 is 23.2 Å². The summed E-state index contributed by atoms with van der Waals surface area (Å²) < 4.78 is 39.5. The van der Waals surface area contributed by atoms with Gasteiger partial charge in [-0.2, -0.15) is 5.10 Å². The van der Waals surface area contributed by atoms with Gasteiger partial charge in [0, 0.05) is 32.7 Å². The molecule has 0 aliphatic carbocycles. The first-order valence-corrected chi connectivity index (χ1v) is 10.6. The summed E-state index contributed by atoms with van der Waals surface area (Å²) in [5.41, 5.74) is 1.74. The van der Waals surface area contributed by atoms with Crippen LogP contribution in [0, 0.1) is 11.6 Å². The van der Waals surface area contributed by atoms with Gasteiger partial charge in [0.1, 0.15) is 0 Å². The van der Waals surface area contributed by atoms with Gasteiger partial charge in [0.2, 0.25) is 0 Å². The van der Waals surface area contributed by atoms with Crippen molar-refractivity contribution in [1.82, 2.24) is 15.1 Å². The number of carbonyl (C=O) groups excluding carboxylic acids is 2. The number of ether oxygens (including phenoxy) is 2. The minimum Gasteiger partial charge on any atom is -0.462 e. The van der Waals surface area contributed by atoms with Crippen molar-refractivity contribution in [3.05, 3.63) is 52.3 Å². The molecule has 0 bridgehead atoms. The highest BCUT2D eigenvalue weighted by Gasteiger charge is 2.23. The molecule has 1 aliphatic heterocycles. The second-order valence-corrected chi connectivity index (χ2v) is 7.26. The molecule has 0 atom stereocenters. The van der Waals surface area contributed by atoms with Crippen LogP contribution in [-0.4, -0.2) is 48.0 Å². The summed E-state index contributed by atoms with van der Waals surface area (Å²) in [6.45, 7) is 4.15. The monoisotopic (exact) mass is 435 g/mol. The molecule has 0 fully saturated rings. The summed E-state index contributed by atoms with van der Waals surface area (Å²) in [6.07, 6.45) is 3.20. The number of fused-ring (bicyclic) bond motifs is 1. The van der Waals surface area contributed by atoms with Crippen LogP contribution in [-0.2, 0) is 28.9 Å². The Balaban J connectivity index is 1.66. The zero-order chi connectivity index (χ0) is 22.2. The van der Waals surface area contributed by atoms with Crippen LogP contribution >= 0.6 is 0 Å². The average Bonchev–Trinajstić information content (AvgIpc) is 3.10. The van der Waals surface area contributed by atoms with Crippen LogP contribution in [0.1, 0.15) is 58.3 Å². The Morgan fingerprint density at radius 3 is 2.90 bits per heavy atom. The number of halogens is 2. The molecule has 0 saturated heterocycles. The van der Waals surface area contributed by atoms with Gasteiger partial charge in [-0.05, 0) is 37.8 Å². The molecule has 1 aliphatic rings. The van der Waals surface area contributed by atoms with Crippen molar-refractivity contribution in [2.24, 2.45) is 0 Å². The van der Waals surface area contributed by atoms with Crippen LogP contribution in [0.2, 0.25) is 0 Å². The van der Waals surface area contributed by atoms with E-state index in [1.807, 2.05) is 6.92 Å². The molecule has 1 amide bonds. The van der Waals surface area contributed by atoms with Crippen LogP contribution in [0.4, 0.5) is 8.78 Å². The second-order valence-electron chi connectivity index (χ2n) is 7.26. The summed E-state index contributed by atoms with van der Waals surface area (Å²) in [5.74, 6) is -3.36. The molecule has 31 heavy (non-hydrogen) atoms. The first-order valence-electron chi connectivity index (χ1n) is 10.6. The van der Waals surface area contributed by atoms with Crippen LogP contribution in [0.3, 0.4) is 0 Å². The van der Waals surface area contributed by atoms with E-state index in [0.29, 0.717) is 51.1 Å². The van der Waals surface area contributed by atoms with Gasteiger partial charge < -0.3 is 14.8 Å². The Kier molecular flexibility index (Phi) is 8.11. The molecule has 0 spiro atoms. The number of nitrogens with zero attached hydrogens (tertiary/aromatic N) is 2. The van der Waals surface area contributed by atoms with Crippen molar-refractivity contribution in [3.63, 3.8) is 0 Å². The van der Waals surface area contributed by atoms with Crippen molar-refractivity contribution in [2.75, 3.05) is 26.4 Å². The van der Waals surface area contributed by atoms with Gasteiger partial charge in [-0.25, -0.2) is 13.6 Å². The third-order valence-electron chi connectivity index (χ3n) is 5.06. The number of carbonyl (C=O) groups is 2. The van der Waals surface area contributed by atoms with E-state index in [9.17, 15) is 18.4 Å². The molecule has 9 heteroatoms. The standard InChI is InChI=1S/C22H27F2N3O4/c1-2-17-19-18(9-4-12-30-13-5-10-25-21(19)28)27(26-17)11-6-14-31-22(29)15-7-3-8-16(23)20(15)24/h3,7-8H,2,4-6,9-14H2,1H3,(H,25,28). The maximum absolute atomic E-state index is 13.7. The summed E-state index contributed by atoms with van der Waals surface area (Å²) in [6, 6.07) is 3.38. The number of benzene rings is 1.